The van der Waals surface area contributed by atoms with Crippen LogP contribution in [0, 0.1) is 0 Å². The molecule has 0 unspecified atom stereocenters. The maximum atomic E-state index is 12.7. The van der Waals surface area contributed by atoms with E-state index in [1.807, 2.05) is 13.8 Å². The van der Waals surface area contributed by atoms with Gasteiger partial charge in [0.2, 0.25) is 0 Å². The fourth-order valence-corrected chi connectivity index (χ4v) is 3.92. The second kappa shape index (κ2) is 7.03. The minimum Gasteiger partial charge on any atom is -0.489 e. The third kappa shape index (κ3) is 4.19. The number of hydrogen-bond acceptors (Lipinski definition) is 4. The average Bonchev–Trinajstić information content (AvgIpc) is 2.58. The first kappa shape index (κ1) is 18.3. The SMILES string of the molecule is C=CCOc1cccc(NS(=O)(=O)c2ccc3c(c2)CCC(C)(C)O3)c1. The molecule has 3 rings (SSSR count). The smallest absolute Gasteiger partial charge is 0.261 e. The van der Waals surface area contributed by atoms with E-state index < -0.39 is 10.0 Å². The molecule has 0 fully saturated rings. The zero-order chi connectivity index (χ0) is 18.8. The molecule has 0 atom stereocenters. The first-order valence-electron chi connectivity index (χ1n) is 8.48. The molecule has 0 bridgehead atoms. The van der Waals surface area contributed by atoms with Crippen molar-refractivity contribution in [3.63, 3.8) is 0 Å². The van der Waals surface area contributed by atoms with E-state index in [1.165, 1.54) is 0 Å². The van der Waals surface area contributed by atoms with Gasteiger partial charge in [0.1, 0.15) is 23.7 Å². The van der Waals surface area contributed by atoms with Crippen LogP contribution in [0.2, 0.25) is 0 Å². The average molecular weight is 373 g/mol. The molecule has 5 nitrogen and oxygen atoms in total. The monoisotopic (exact) mass is 373 g/mol. The normalized spacial score (nSPS) is 15.5. The third-order valence-electron chi connectivity index (χ3n) is 4.18. The molecule has 0 radical (unpaired) electrons. The molecule has 2 aromatic carbocycles. The van der Waals surface area contributed by atoms with Gasteiger partial charge in [-0.05, 0) is 62.6 Å². The predicted molar refractivity (Wildman–Crippen MR) is 102 cm³/mol. The lowest BCUT2D eigenvalue weighted by Gasteiger charge is -2.32. The molecule has 1 N–H and O–H groups in total. The summed E-state index contributed by atoms with van der Waals surface area (Å²) in [6.07, 6.45) is 3.27. The van der Waals surface area contributed by atoms with Gasteiger partial charge in [0.25, 0.3) is 10.0 Å². The van der Waals surface area contributed by atoms with Crippen molar-refractivity contribution >= 4 is 15.7 Å². The van der Waals surface area contributed by atoms with Crippen LogP contribution in [0.1, 0.15) is 25.8 Å². The van der Waals surface area contributed by atoms with Crippen LogP contribution in [-0.4, -0.2) is 20.6 Å². The van der Waals surface area contributed by atoms with E-state index in [4.69, 9.17) is 9.47 Å². The highest BCUT2D eigenvalue weighted by Gasteiger charge is 2.27. The van der Waals surface area contributed by atoms with Gasteiger partial charge >= 0.3 is 0 Å². The number of anilines is 1. The van der Waals surface area contributed by atoms with Crippen LogP contribution in [0.3, 0.4) is 0 Å². The fourth-order valence-electron chi connectivity index (χ4n) is 2.82. The van der Waals surface area contributed by atoms with Crippen LogP contribution in [0.4, 0.5) is 5.69 Å². The van der Waals surface area contributed by atoms with Gasteiger partial charge in [-0.25, -0.2) is 8.42 Å². The van der Waals surface area contributed by atoms with Crippen molar-refractivity contribution in [1.82, 2.24) is 0 Å². The Bertz CT molecular complexity index is 919. The topological polar surface area (TPSA) is 64.6 Å². The summed E-state index contributed by atoms with van der Waals surface area (Å²) < 4.78 is 39.4. The van der Waals surface area contributed by atoms with E-state index in [0.717, 1.165) is 24.2 Å². The summed E-state index contributed by atoms with van der Waals surface area (Å²) in [5.41, 5.74) is 1.13. The van der Waals surface area contributed by atoms with Crippen LogP contribution in [0.15, 0.2) is 60.0 Å². The van der Waals surface area contributed by atoms with Crippen LogP contribution in [-0.2, 0) is 16.4 Å². The maximum absolute atomic E-state index is 12.7. The molecule has 1 aliphatic heterocycles. The van der Waals surface area contributed by atoms with Gasteiger partial charge in [-0.15, -0.1) is 0 Å². The van der Waals surface area contributed by atoms with E-state index in [-0.39, 0.29) is 10.5 Å². The van der Waals surface area contributed by atoms with Gasteiger partial charge in [0, 0.05) is 6.07 Å². The highest BCUT2D eigenvalue weighted by Crippen LogP contribution is 2.34. The minimum atomic E-state index is -3.69. The van der Waals surface area contributed by atoms with E-state index in [2.05, 4.69) is 11.3 Å². The first-order valence-corrected chi connectivity index (χ1v) is 9.96. The molecule has 0 amide bonds. The van der Waals surface area contributed by atoms with Gasteiger partial charge in [0.05, 0.1) is 10.6 Å². The summed E-state index contributed by atoms with van der Waals surface area (Å²) in [5.74, 6) is 1.33. The van der Waals surface area contributed by atoms with Crippen LogP contribution < -0.4 is 14.2 Å². The van der Waals surface area contributed by atoms with E-state index in [0.29, 0.717) is 18.0 Å². The Morgan fingerprint density at radius 3 is 2.85 bits per heavy atom. The minimum absolute atomic E-state index is 0.219. The Kier molecular flexibility index (Phi) is 4.96. The number of nitrogens with one attached hydrogen (secondary N) is 1. The summed E-state index contributed by atoms with van der Waals surface area (Å²) in [4.78, 5) is 0.219. The summed E-state index contributed by atoms with van der Waals surface area (Å²) in [7, 11) is -3.69. The first-order chi connectivity index (χ1) is 12.3. The van der Waals surface area contributed by atoms with Gasteiger partial charge < -0.3 is 9.47 Å². The molecule has 138 valence electrons. The molecule has 0 aliphatic carbocycles. The molecular formula is C20H23NO4S. The van der Waals surface area contributed by atoms with Crippen LogP contribution >= 0.6 is 0 Å². The van der Waals surface area contributed by atoms with Gasteiger partial charge in [-0.1, -0.05) is 18.7 Å². The summed E-state index contributed by atoms with van der Waals surface area (Å²) >= 11 is 0. The van der Waals surface area contributed by atoms with Crippen molar-refractivity contribution in [2.45, 2.75) is 37.2 Å². The lowest BCUT2D eigenvalue weighted by Crippen LogP contribution is -2.32. The number of fused-ring (bicyclic) bond motifs is 1. The van der Waals surface area contributed by atoms with E-state index in [1.54, 1.807) is 48.5 Å². The number of benzene rings is 2. The number of rotatable bonds is 6. The van der Waals surface area contributed by atoms with Crippen molar-refractivity contribution in [1.29, 1.82) is 0 Å². The molecule has 26 heavy (non-hydrogen) atoms. The van der Waals surface area contributed by atoms with Crippen LogP contribution in [0.25, 0.3) is 0 Å². The van der Waals surface area contributed by atoms with Gasteiger partial charge in [-0.3, -0.25) is 4.72 Å². The van der Waals surface area contributed by atoms with Crippen LogP contribution in [0.5, 0.6) is 11.5 Å². The van der Waals surface area contributed by atoms with Crippen molar-refractivity contribution in [2.75, 3.05) is 11.3 Å². The Morgan fingerprint density at radius 1 is 1.27 bits per heavy atom. The summed E-state index contributed by atoms with van der Waals surface area (Å²) in [5, 5.41) is 0. The summed E-state index contributed by atoms with van der Waals surface area (Å²) in [6, 6.07) is 11.8. The number of aryl methyl sites for hydroxylation is 1. The van der Waals surface area contributed by atoms with E-state index in [9.17, 15) is 8.42 Å². The Balaban J connectivity index is 1.82. The highest BCUT2D eigenvalue weighted by atomic mass is 32.2. The second-order valence-electron chi connectivity index (χ2n) is 6.86. The maximum Gasteiger partial charge on any atom is 0.261 e. The molecule has 6 heteroatoms. The zero-order valence-corrected chi connectivity index (χ0v) is 15.8. The Hall–Kier alpha value is -2.47. The highest BCUT2D eigenvalue weighted by molar-refractivity contribution is 7.92. The van der Waals surface area contributed by atoms with E-state index >= 15 is 0 Å². The molecule has 0 saturated carbocycles. The molecule has 2 aromatic rings. The lowest BCUT2D eigenvalue weighted by atomic mass is 9.94. The summed E-state index contributed by atoms with van der Waals surface area (Å²) in [6.45, 7) is 8.02. The van der Waals surface area contributed by atoms with Gasteiger partial charge in [-0.2, -0.15) is 0 Å². The van der Waals surface area contributed by atoms with Crippen molar-refractivity contribution in [3.8, 4) is 11.5 Å². The Morgan fingerprint density at radius 2 is 2.08 bits per heavy atom. The fraction of sp³-hybridized carbons (Fsp3) is 0.300. The number of ether oxygens (including phenoxy) is 2. The predicted octanol–water partition coefficient (Wildman–Crippen LogP) is 4.16. The number of hydrogen-bond donors (Lipinski definition) is 1. The standard InChI is InChI=1S/C20H23NO4S/c1-4-12-24-17-7-5-6-16(14-17)21-26(22,23)18-8-9-19-15(13-18)10-11-20(2,3)25-19/h4-9,13-14,21H,1,10-12H2,2-3H3. The molecule has 0 spiro atoms. The molecule has 1 aliphatic rings. The largest absolute Gasteiger partial charge is 0.489 e. The van der Waals surface area contributed by atoms with Gasteiger partial charge in [0.15, 0.2) is 0 Å². The third-order valence-corrected chi connectivity index (χ3v) is 5.56. The molecule has 0 saturated heterocycles. The lowest BCUT2D eigenvalue weighted by molar-refractivity contribution is 0.0845. The van der Waals surface area contributed by atoms with Crippen molar-refractivity contribution in [3.05, 3.63) is 60.7 Å². The van der Waals surface area contributed by atoms with Crippen molar-refractivity contribution < 1.29 is 17.9 Å². The quantitative estimate of drug-likeness (QED) is 0.773. The second-order valence-corrected chi connectivity index (χ2v) is 8.55. The molecular weight excluding hydrogens is 350 g/mol. The molecule has 1 heterocycles. The molecule has 0 aromatic heterocycles. The zero-order valence-electron chi connectivity index (χ0n) is 15.0. The Labute approximate surface area is 154 Å². The van der Waals surface area contributed by atoms with Crippen molar-refractivity contribution in [2.24, 2.45) is 0 Å². The number of sulfonamides is 1.